The fourth-order valence-electron chi connectivity index (χ4n) is 3.24. The molecule has 0 radical (unpaired) electrons. The van der Waals surface area contributed by atoms with Gasteiger partial charge in [0.05, 0.1) is 24.1 Å². The van der Waals surface area contributed by atoms with E-state index in [-0.39, 0.29) is 33.8 Å². The van der Waals surface area contributed by atoms with Crippen LogP contribution >= 0.6 is 23.4 Å². The van der Waals surface area contributed by atoms with Gasteiger partial charge in [0.1, 0.15) is 5.82 Å². The predicted octanol–water partition coefficient (Wildman–Crippen LogP) is 5.94. The number of rotatable bonds is 6. The molecule has 1 fully saturated rings. The van der Waals surface area contributed by atoms with E-state index in [1.54, 1.807) is 42.5 Å². The van der Waals surface area contributed by atoms with E-state index >= 15 is 0 Å². The molecule has 1 heterocycles. The van der Waals surface area contributed by atoms with Crippen molar-refractivity contribution in [3.63, 3.8) is 0 Å². The number of amides is 2. The Morgan fingerprint density at radius 3 is 2.59 bits per heavy atom. The first kappa shape index (κ1) is 23.5. The summed E-state index contributed by atoms with van der Waals surface area (Å²) >= 11 is 6.82. The Kier molecular flexibility index (Phi) is 7.00. The van der Waals surface area contributed by atoms with E-state index in [0.717, 1.165) is 28.3 Å². The van der Waals surface area contributed by atoms with Crippen molar-refractivity contribution in [2.75, 3.05) is 7.11 Å². The van der Waals surface area contributed by atoms with Gasteiger partial charge in [-0.3, -0.25) is 14.5 Å². The Hall–Kier alpha value is -3.62. The van der Waals surface area contributed by atoms with E-state index in [0.29, 0.717) is 10.6 Å². The van der Waals surface area contributed by atoms with Gasteiger partial charge in [0, 0.05) is 5.02 Å². The Morgan fingerprint density at radius 2 is 1.85 bits per heavy atom. The van der Waals surface area contributed by atoms with Crippen LogP contribution in [-0.4, -0.2) is 29.1 Å². The summed E-state index contributed by atoms with van der Waals surface area (Å²) in [5.74, 6) is -1.36. The van der Waals surface area contributed by atoms with Crippen LogP contribution < -0.4 is 9.47 Å². The maximum atomic E-state index is 13.4. The number of hydrogen-bond donors (Lipinski definition) is 0. The molecule has 34 heavy (non-hydrogen) atoms. The second kappa shape index (κ2) is 10.1. The van der Waals surface area contributed by atoms with E-state index in [2.05, 4.69) is 0 Å². The lowest BCUT2D eigenvalue weighted by Gasteiger charge is -2.12. The molecule has 0 bridgehead atoms. The minimum Gasteiger partial charge on any atom is -0.493 e. The number of esters is 1. The van der Waals surface area contributed by atoms with Crippen LogP contribution in [0.1, 0.15) is 21.5 Å². The quantitative estimate of drug-likeness (QED) is 0.238. The molecule has 0 N–H and O–H groups in total. The third-order valence-corrected chi connectivity index (χ3v) is 5.99. The second-order valence-corrected chi connectivity index (χ2v) is 8.64. The van der Waals surface area contributed by atoms with Crippen LogP contribution in [0.3, 0.4) is 0 Å². The van der Waals surface area contributed by atoms with Crippen molar-refractivity contribution in [3.05, 3.63) is 99.2 Å². The van der Waals surface area contributed by atoms with Crippen LogP contribution in [0, 0.1) is 5.82 Å². The molecule has 3 aromatic rings. The molecule has 0 spiro atoms. The average molecular weight is 498 g/mol. The summed E-state index contributed by atoms with van der Waals surface area (Å²) in [6, 6.07) is 16.8. The summed E-state index contributed by atoms with van der Waals surface area (Å²) < 4.78 is 24.0. The molecule has 0 aromatic heterocycles. The van der Waals surface area contributed by atoms with Gasteiger partial charge in [0.2, 0.25) is 0 Å². The average Bonchev–Trinajstić information content (AvgIpc) is 3.07. The number of benzene rings is 3. The molecule has 2 amide bonds. The van der Waals surface area contributed by atoms with Gasteiger partial charge in [-0.2, -0.15) is 0 Å². The molecule has 1 saturated heterocycles. The largest absolute Gasteiger partial charge is 0.493 e. The van der Waals surface area contributed by atoms with Crippen molar-refractivity contribution in [2.45, 2.75) is 6.54 Å². The number of methoxy groups -OCH3 is 1. The van der Waals surface area contributed by atoms with Gasteiger partial charge in [-0.25, -0.2) is 9.18 Å². The topological polar surface area (TPSA) is 72.9 Å². The minimum absolute atomic E-state index is 0.0551. The summed E-state index contributed by atoms with van der Waals surface area (Å²) in [6.45, 7) is 0.112. The summed E-state index contributed by atoms with van der Waals surface area (Å²) in [6.07, 6.45) is 1.56. The highest BCUT2D eigenvalue weighted by Gasteiger charge is 2.35. The third kappa shape index (κ3) is 5.30. The van der Waals surface area contributed by atoms with Crippen molar-refractivity contribution in [1.29, 1.82) is 0 Å². The Morgan fingerprint density at radius 1 is 1.06 bits per heavy atom. The molecule has 4 rings (SSSR count). The molecule has 6 nitrogen and oxygen atoms in total. The van der Waals surface area contributed by atoms with Crippen molar-refractivity contribution in [3.8, 4) is 11.5 Å². The van der Waals surface area contributed by atoms with E-state index < -0.39 is 17.7 Å². The number of carbonyl (C=O) groups excluding carboxylic acids is 3. The summed E-state index contributed by atoms with van der Waals surface area (Å²) in [5, 5.41) is 0.133. The predicted molar refractivity (Wildman–Crippen MR) is 127 cm³/mol. The first-order valence-corrected chi connectivity index (χ1v) is 11.2. The number of carbonyl (C=O) groups is 3. The van der Waals surface area contributed by atoms with E-state index in [4.69, 9.17) is 21.1 Å². The highest BCUT2D eigenvalue weighted by Crippen LogP contribution is 2.35. The summed E-state index contributed by atoms with van der Waals surface area (Å²) in [7, 11) is 1.40. The lowest BCUT2D eigenvalue weighted by atomic mass is 10.1. The monoisotopic (exact) mass is 497 g/mol. The number of thioether (sulfide) groups is 1. The van der Waals surface area contributed by atoms with Gasteiger partial charge in [-0.05, 0) is 71.4 Å². The highest BCUT2D eigenvalue weighted by molar-refractivity contribution is 8.18. The zero-order valence-corrected chi connectivity index (χ0v) is 19.4. The number of ether oxygens (including phenoxy) is 2. The summed E-state index contributed by atoms with van der Waals surface area (Å²) in [4.78, 5) is 39.0. The van der Waals surface area contributed by atoms with Crippen molar-refractivity contribution >= 4 is 46.6 Å². The van der Waals surface area contributed by atoms with Crippen LogP contribution in [0.25, 0.3) is 6.08 Å². The number of imide groups is 1. The molecule has 9 heteroatoms. The lowest BCUT2D eigenvalue weighted by Crippen LogP contribution is -2.27. The normalized spacial score (nSPS) is 14.6. The van der Waals surface area contributed by atoms with Crippen LogP contribution in [0.15, 0.2) is 71.6 Å². The van der Waals surface area contributed by atoms with Gasteiger partial charge in [0.25, 0.3) is 11.1 Å². The van der Waals surface area contributed by atoms with Gasteiger partial charge in [-0.15, -0.1) is 0 Å². The Bertz CT molecular complexity index is 1330. The van der Waals surface area contributed by atoms with E-state index in [1.165, 1.54) is 31.4 Å². The maximum absolute atomic E-state index is 13.4. The van der Waals surface area contributed by atoms with Crippen LogP contribution in [0.2, 0.25) is 5.02 Å². The fraction of sp³-hybridized carbons (Fsp3) is 0.0800. The Labute approximate surface area is 203 Å². The molecule has 0 unspecified atom stereocenters. The van der Waals surface area contributed by atoms with Gasteiger partial charge in [0.15, 0.2) is 11.5 Å². The first-order chi connectivity index (χ1) is 16.3. The molecule has 172 valence electrons. The molecule has 1 aliphatic heterocycles. The van der Waals surface area contributed by atoms with Gasteiger partial charge >= 0.3 is 5.97 Å². The molecular weight excluding hydrogens is 481 g/mol. The van der Waals surface area contributed by atoms with Crippen molar-refractivity contribution in [2.24, 2.45) is 0 Å². The number of hydrogen-bond acceptors (Lipinski definition) is 6. The van der Waals surface area contributed by atoms with Crippen LogP contribution in [0.4, 0.5) is 9.18 Å². The first-order valence-electron chi connectivity index (χ1n) is 9.99. The van der Waals surface area contributed by atoms with Crippen LogP contribution in [0.5, 0.6) is 11.5 Å². The molecule has 0 saturated carbocycles. The fourth-order valence-corrected chi connectivity index (χ4v) is 4.29. The molecule has 0 aliphatic carbocycles. The van der Waals surface area contributed by atoms with Gasteiger partial charge in [-0.1, -0.05) is 35.9 Å². The highest BCUT2D eigenvalue weighted by atomic mass is 35.5. The molecule has 1 aliphatic rings. The maximum Gasteiger partial charge on any atom is 0.343 e. The number of halogens is 2. The Balaban J connectivity index is 1.52. The molecule has 0 atom stereocenters. The zero-order chi connectivity index (χ0) is 24.2. The molecule has 3 aromatic carbocycles. The standard InChI is InChI=1S/C25H17ClFNO5S/c1-32-21-11-15(8-9-20(21)33-24(30)17-5-3-7-19(27)13-17)12-22-23(29)28(25(31)34-22)14-16-4-2-6-18(26)10-16/h2-13H,14H2,1H3/b22-12-. The number of nitrogens with zero attached hydrogens (tertiary/aromatic N) is 1. The SMILES string of the molecule is COc1cc(/C=C2\SC(=O)N(Cc3cccc(Cl)c3)C2=O)ccc1OC(=O)c1cccc(F)c1. The van der Waals surface area contributed by atoms with E-state index in [1.807, 2.05) is 0 Å². The van der Waals surface area contributed by atoms with Crippen LogP contribution in [-0.2, 0) is 11.3 Å². The lowest BCUT2D eigenvalue weighted by molar-refractivity contribution is -0.123. The second-order valence-electron chi connectivity index (χ2n) is 7.21. The smallest absolute Gasteiger partial charge is 0.343 e. The minimum atomic E-state index is -0.743. The summed E-state index contributed by atoms with van der Waals surface area (Å²) in [5.41, 5.74) is 1.36. The molecular formula is C25H17ClFNO5S. The van der Waals surface area contributed by atoms with Crippen molar-refractivity contribution < 1.29 is 28.2 Å². The van der Waals surface area contributed by atoms with Gasteiger partial charge < -0.3 is 9.47 Å². The van der Waals surface area contributed by atoms with Crippen molar-refractivity contribution in [1.82, 2.24) is 4.90 Å². The third-order valence-electron chi connectivity index (χ3n) is 4.85. The van der Waals surface area contributed by atoms with E-state index in [9.17, 15) is 18.8 Å². The zero-order valence-electron chi connectivity index (χ0n) is 17.8.